The summed E-state index contributed by atoms with van der Waals surface area (Å²) in [6.07, 6.45) is 4.01. The maximum Gasteiger partial charge on any atom is 0.339 e. The number of carbonyl (C=O) groups excluding carboxylic acids is 1. The van der Waals surface area contributed by atoms with Crippen molar-refractivity contribution in [2.24, 2.45) is 0 Å². The monoisotopic (exact) mass is 495 g/mol. The first-order chi connectivity index (χ1) is 15.3. The van der Waals surface area contributed by atoms with Gasteiger partial charge in [0.05, 0.1) is 6.61 Å². The number of hydrogen-bond acceptors (Lipinski definition) is 10. The third-order valence-corrected chi connectivity index (χ3v) is 6.99. The lowest BCUT2D eigenvalue weighted by Gasteiger charge is -2.20. The molecule has 32 heavy (non-hydrogen) atoms. The lowest BCUT2D eigenvalue weighted by atomic mass is 9.90. The predicted octanol–water partition coefficient (Wildman–Crippen LogP) is 4.35. The van der Waals surface area contributed by atoms with Crippen molar-refractivity contribution in [3.8, 4) is 11.5 Å². The number of nitrogens with zero attached hydrogens (tertiary/aromatic N) is 1. The van der Waals surface area contributed by atoms with Crippen LogP contribution in [0.5, 0.6) is 11.5 Å². The first kappa shape index (κ1) is 23.8. The van der Waals surface area contributed by atoms with E-state index < -0.39 is 22.6 Å². The fourth-order valence-electron chi connectivity index (χ4n) is 3.05. The van der Waals surface area contributed by atoms with Gasteiger partial charge in [-0.15, -0.1) is 33.6 Å². The molecule has 12 heteroatoms. The number of carboxylic acid groups (broad SMARTS) is 1. The van der Waals surface area contributed by atoms with Crippen LogP contribution >= 0.6 is 35.7 Å². The summed E-state index contributed by atoms with van der Waals surface area (Å²) >= 11 is 8.78. The molecule has 1 heterocycles. The Morgan fingerprint density at radius 3 is 2.75 bits per heavy atom. The number of carboxylic acids is 1. The van der Waals surface area contributed by atoms with E-state index in [2.05, 4.69) is 4.84 Å². The molecule has 0 saturated heterocycles. The molecule has 168 valence electrons. The maximum absolute atomic E-state index is 12.2. The highest BCUT2D eigenvalue weighted by Gasteiger charge is 2.25. The van der Waals surface area contributed by atoms with Gasteiger partial charge in [-0.2, -0.15) is 0 Å². The topological polar surface area (TPSA) is 136 Å². The molecule has 0 saturated carbocycles. The molecule has 3 rings (SSSR count). The van der Waals surface area contributed by atoms with E-state index in [0.29, 0.717) is 16.9 Å². The van der Waals surface area contributed by atoms with Crippen LogP contribution < -0.4 is 4.74 Å². The molecule has 1 aromatic carbocycles. The molecule has 0 bridgehead atoms. The van der Waals surface area contributed by atoms with Gasteiger partial charge in [-0.05, 0) is 29.5 Å². The number of thioether (sulfide) groups is 2. The zero-order chi connectivity index (χ0) is 23.3. The molecule has 0 aromatic heterocycles. The van der Waals surface area contributed by atoms with Gasteiger partial charge in [-0.25, -0.2) is 4.79 Å². The van der Waals surface area contributed by atoms with Crippen LogP contribution in [0.25, 0.3) is 5.57 Å². The van der Waals surface area contributed by atoms with E-state index in [1.54, 1.807) is 29.6 Å². The number of rotatable bonds is 9. The van der Waals surface area contributed by atoms with Crippen LogP contribution in [0.2, 0.25) is 0 Å². The van der Waals surface area contributed by atoms with Gasteiger partial charge in [0.2, 0.25) is 0 Å². The van der Waals surface area contributed by atoms with Crippen LogP contribution in [0.15, 0.2) is 40.2 Å². The molecule has 0 atom stereocenters. The summed E-state index contributed by atoms with van der Waals surface area (Å²) < 4.78 is 5.23. The molecule has 2 aliphatic rings. The number of thiocarbonyl (C=S) groups is 1. The van der Waals surface area contributed by atoms with Gasteiger partial charge in [0.25, 0.3) is 5.09 Å². The van der Waals surface area contributed by atoms with E-state index in [9.17, 15) is 29.9 Å². The fraction of sp³-hybridized carbons (Fsp3) is 0.250. The number of esters is 1. The molecule has 2 N–H and O–H groups in total. The molecule has 0 unspecified atom stereocenters. The SMILES string of the molecule is O=C(CCCO[N+](=O)[O-])Oc1cc(C2=C(C3=CSCS3)C(=S)CC=C2)c(O)cc1C(=O)O. The Bertz CT molecular complexity index is 1080. The number of hydrogen-bond donors (Lipinski definition) is 2. The zero-order valence-electron chi connectivity index (χ0n) is 16.4. The van der Waals surface area contributed by atoms with Gasteiger partial charge in [-0.3, -0.25) is 4.79 Å². The number of aromatic carboxylic acids is 1. The highest BCUT2D eigenvalue weighted by molar-refractivity contribution is 8.22. The predicted molar refractivity (Wildman–Crippen MR) is 124 cm³/mol. The standard InChI is InChI=1S/C20H17NO8S3/c22-14-7-13(20(24)25)15(29-18(23)5-2-6-28-21(26)27)8-12(14)11-3-1-4-16(30)19(11)17-9-31-10-32-17/h1,3,7-9,22H,2,4-6,10H2,(H,24,25). The van der Waals surface area contributed by atoms with Crippen LogP contribution in [0.3, 0.4) is 0 Å². The van der Waals surface area contributed by atoms with Crippen molar-refractivity contribution < 1.29 is 34.5 Å². The minimum absolute atomic E-state index is 0.0164. The Morgan fingerprint density at radius 1 is 1.31 bits per heavy atom. The quantitative estimate of drug-likeness (QED) is 0.126. The van der Waals surface area contributed by atoms with Crippen molar-refractivity contribution in [1.82, 2.24) is 0 Å². The molecule has 0 spiro atoms. The van der Waals surface area contributed by atoms with Crippen molar-refractivity contribution in [3.05, 3.63) is 61.4 Å². The summed E-state index contributed by atoms with van der Waals surface area (Å²) in [5.41, 5.74) is 1.27. The fourth-order valence-corrected chi connectivity index (χ4v) is 5.61. The van der Waals surface area contributed by atoms with E-state index in [1.165, 1.54) is 6.07 Å². The summed E-state index contributed by atoms with van der Waals surface area (Å²) in [6.45, 7) is -0.294. The van der Waals surface area contributed by atoms with Crippen LogP contribution in [-0.4, -0.2) is 43.8 Å². The molecule has 0 amide bonds. The smallest absolute Gasteiger partial charge is 0.339 e. The summed E-state index contributed by atoms with van der Waals surface area (Å²) in [7, 11) is 0. The van der Waals surface area contributed by atoms with Gasteiger partial charge >= 0.3 is 11.9 Å². The van der Waals surface area contributed by atoms with E-state index in [4.69, 9.17) is 17.0 Å². The van der Waals surface area contributed by atoms with Gasteiger partial charge in [0.1, 0.15) is 17.1 Å². The number of ether oxygens (including phenoxy) is 1. The molecular formula is C20H17NO8S3. The Hall–Kier alpha value is -2.83. The summed E-state index contributed by atoms with van der Waals surface area (Å²) in [5.74, 6) is -2.71. The van der Waals surface area contributed by atoms with Gasteiger partial charge < -0.3 is 19.8 Å². The van der Waals surface area contributed by atoms with Crippen molar-refractivity contribution >= 4 is 58.1 Å². The molecule has 9 nitrogen and oxygen atoms in total. The minimum atomic E-state index is -1.39. The van der Waals surface area contributed by atoms with E-state index in [-0.39, 0.29) is 36.5 Å². The third-order valence-electron chi connectivity index (χ3n) is 4.42. The van der Waals surface area contributed by atoms with Crippen LogP contribution in [0, 0.1) is 10.1 Å². The summed E-state index contributed by atoms with van der Waals surface area (Å²) in [4.78, 5) is 39.8. The Balaban J connectivity index is 1.95. The number of phenols is 1. The average Bonchev–Trinajstić information content (AvgIpc) is 3.26. The molecule has 1 aliphatic heterocycles. The Kier molecular flexibility index (Phi) is 7.94. The van der Waals surface area contributed by atoms with Crippen LogP contribution in [0.4, 0.5) is 0 Å². The van der Waals surface area contributed by atoms with Crippen molar-refractivity contribution in [2.45, 2.75) is 19.3 Å². The van der Waals surface area contributed by atoms with Crippen LogP contribution in [0.1, 0.15) is 35.2 Å². The van der Waals surface area contributed by atoms with Crippen molar-refractivity contribution in [2.75, 3.05) is 11.7 Å². The number of aromatic hydroxyl groups is 1. The first-order valence-corrected chi connectivity index (χ1v) is 11.7. The second kappa shape index (κ2) is 10.7. The van der Waals surface area contributed by atoms with E-state index in [0.717, 1.165) is 21.6 Å². The minimum Gasteiger partial charge on any atom is -0.507 e. The van der Waals surface area contributed by atoms with Gasteiger partial charge in [0.15, 0.2) is 0 Å². The van der Waals surface area contributed by atoms with E-state index in [1.807, 2.05) is 11.5 Å². The Morgan fingerprint density at radius 2 is 2.09 bits per heavy atom. The normalized spacial score (nSPS) is 15.5. The Labute approximate surface area is 196 Å². The molecule has 0 fully saturated rings. The van der Waals surface area contributed by atoms with Gasteiger partial charge in [0, 0.05) is 38.8 Å². The molecular weight excluding hydrogens is 478 g/mol. The summed E-state index contributed by atoms with van der Waals surface area (Å²) in [6, 6.07) is 2.32. The number of phenolic OH excluding ortho intramolecular Hbond substituents is 1. The second-order valence-electron chi connectivity index (χ2n) is 6.53. The van der Waals surface area contributed by atoms with Crippen LogP contribution in [-0.2, 0) is 9.63 Å². The molecule has 0 radical (unpaired) electrons. The molecule has 1 aliphatic carbocycles. The number of allylic oxidation sites excluding steroid dienone is 4. The third kappa shape index (κ3) is 5.69. The van der Waals surface area contributed by atoms with Crippen molar-refractivity contribution in [3.63, 3.8) is 0 Å². The zero-order valence-corrected chi connectivity index (χ0v) is 18.9. The number of benzene rings is 1. The largest absolute Gasteiger partial charge is 0.507 e. The lowest BCUT2D eigenvalue weighted by Crippen LogP contribution is -2.13. The lowest BCUT2D eigenvalue weighted by molar-refractivity contribution is -0.757. The average molecular weight is 496 g/mol. The molecule has 1 aromatic rings. The highest BCUT2D eigenvalue weighted by atomic mass is 32.2. The number of carbonyl (C=O) groups is 2. The van der Waals surface area contributed by atoms with E-state index >= 15 is 0 Å². The summed E-state index contributed by atoms with van der Waals surface area (Å²) in [5, 5.41) is 32.1. The van der Waals surface area contributed by atoms with Gasteiger partial charge in [-0.1, -0.05) is 24.4 Å². The highest BCUT2D eigenvalue weighted by Crippen LogP contribution is 2.44. The first-order valence-electron chi connectivity index (χ1n) is 9.25. The maximum atomic E-state index is 12.2. The second-order valence-corrected chi connectivity index (χ2v) is 9.27. The van der Waals surface area contributed by atoms with Crippen molar-refractivity contribution in [1.29, 1.82) is 0 Å².